The minimum Gasteiger partial charge on any atom is -0.396 e. The number of nitrogens with two attached hydrogens (primary N) is 1. The van der Waals surface area contributed by atoms with Gasteiger partial charge in [-0.1, -0.05) is 19.9 Å². The van der Waals surface area contributed by atoms with Crippen LogP contribution in [-0.2, 0) is 9.84 Å². The normalized spacial score (nSPS) is 15.8. The highest BCUT2D eigenvalue weighted by Crippen LogP contribution is 2.37. The number of rotatable bonds is 5. The van der Waals surface area contributed by atoms with Crippen molar-refractivity contribution in [2.75, 3.05) is 23.4 Å². The van der Waals surface area contributed by atoms with Crippen molar-refractivity contribution in [3.05, 3.63) is 18.2 Å². The molecule has 106 valence electrons. The van der Waals surface area contributed by atoms with Crippen LogP contribution in [0, 0.1) is 5.92 Å². The second-order valence-corrected chi connectivity index (χ2v) is 7.72. The number of hydrogen-bond donors (Lipinski definition) is 1. The molecule has 0 radical (unpaired) electrons. The molecule has 0 unspecified atom stereocenters. The first-order valence-corrected chi connectivity index (χ1v) is 8.55. The fraction of sp³-hybridized carbons (Fsp3) is 0.571. The van der Waals surface area contributed by atoms with Crippen molar-refractivity contribution in [3.63, 3.8) is 0 Å². The van der Waals surface area contributed by atoms with Crippen LogP contribution in [-0.4, -0.2) is 27.3 Å². The smallest absolute Gasteiger partial charge is 0.177 e. The molecule has 5 heteroatoms. The maximum absolute atomic E-state index is 11.7. The topological polar surface area (TPSA) is 63.4 Å². The van der Waals surface area contributed by atoms with E-state index in [9.17, 15) is 8.42 Å². The highest BCUT2D eigenvalue weighted by atomic mass is 32.2. The maximum atomic E-state index is 11.7. The van der Waals surface area contributed by atoms with E-state index in [0.29, 0.717) is 17.6 Å². The lowest BCUT2D eigenvalue weighted by atomic mass is 10.1. The van der Waals surface area contributed by atoms with Gasteiger partial charge in [0.2, 0.25) is 0 Å². The lowest BCUT2D eigenvalue weighted by Crippen LogP contribution is -2.30. The molecular weight excluding hydrogens is 260 g/mol. The van der Waals surface area contributed by atoms with Crippen molar-refractivity contribution in [1.29, 1.82) is 0 Å². The van der Waals surface area contributed by atoms with Crippen LogP contribution in [0.2, 0.25) is 0 Å². The number of nitrogen functional groups attached to an aromatic ring is 1. The molecule has 1 aliphatic carbocycles. The van der Waals surface area contributed by atoms with Gasteiger partial charge in [-0.2, -0.15) is 0 Å². The largest absolute Gasteiger partial charge is 0.396 e. The van der Waals surface area contributed by atoms with Crippen LogP contribution >= 0.6 is 0 Å². The first-order valence-electron chi connectivity index (χ1n) is 6.66. The lowest BCUT2D eigenvalue weighted by molar-refractivity contribution is 0.601. The number of hydrogen-bond acceptors (Lipinski definition) is 4. The molecule has 0 aromatic heterocycles. The maximum Gasteiger partial charge on any atom is 0.177 e. The molecule has 2 rings (SSSR count). The predicted octanol–water partition coefficient (Wildman–Crippen LogP) is 2.30. The number of nitrogens with zero attached hydrogens (tertiary/aromatic N) is 1. The van der Waals surface area contributed by atoms with Crippen LogP contribution in [0.3, 0.4) is 0 Å². The summed E-state index contributed by atoms with van der Waals surface area (Å²) in [6.07, 6.45) is 3.52. The van der Waals surface area contributed by atoms with Gasteiger partial charge in [0, 0.05) is 18.8 Å². The molecule has 1 saturated carbocycles. The van der Waals surface area contributed by atoms with Gasteiger partial charge < -0.3 is 10.6 Å². The van der Waals surface area contributed by atoms with E-state index in [4.69, 9.17) is 5.73 Å². The molecule has 4 nitrogen and oxygen atoms in total. The number of benzene rings is 1. The van der Waals surface area contributed by atoms with Crippen molar-refractivity contribution < 1.29 is 8.42 Å². The zero-order valence-corrected chi connectivity index (χ0v) is 12.6. The van der Waals surface area contributed by atoms with Gasteiger partial charge in [0.1, 0.15) is 0 Å². The molecule has 0 saturated heterocycles. The lowest BCUT2D eigenvalue weighted by Gasteiger charge is -2.28. The van der Waals surface area contributed by atoms with E-state index < -0.39 is 9.84 Å². The first-order chi connectivity index (χ1) is 8.80. The van der Waals surface area contributed by atoms with E-state index in [-0.39, 0.29) is 4.90 Å². The van der Waals surface area contributed by atoms with Crippen LogP contribution in [0.15, 0.2) is 23.1 Å². The third-order valence-electron chi connectivity index (χ3n) is 3.30. The van der Waals surface area contributed by atoms with Crippen molar-refractivity contribution in [2.24, 2.45) is 5.92 Å². The summed E-state index contributed by atoms with van der Waals surface area (Å²) in [7, 11) is -3.27. The summed E-state index contributed by atoms with van der Waals surface area (Å²) in [6.45, 7) is 5.22. The van der Waals surface area contributed by atoms with Crippen LogP contribution in [0.5, 0.6) is 0 Å². The van der Waals surface area contributed by atoms with Crippen molar-refractivity contribution in [1.82, 2.24) is 0 Å². The summed E-state index contributed by atoms with van der Waals surface area (Å²) < 4.78 is 23.5. The molecule has 0 heterocycles. The van der Waals surface area contributed by atoms with Gasteiger partial charge >= 0.3 is 0 Å². The van der Waals surface area contributed by atoms with E-state index in [2.05, 4.69) is 18.7 Å². The Bertz CT molecular complexity index is 563. The Labute approximate surface area is 115 Å². The SMILES string of the molecule is CC(C)CN(c1cccc(S(C)(=O)=O)c1N)C1CC1. The van der Waals surface area contributed by atoms with Crippen LogP contribution in [0.4, 0.5) is 11.4 Å². The second kappa shape index (κ2) is 5.04. The predicted molar refractivity (Wildman–Crippen MR) is 79.2 cm³/mol. The average molecular weight is 282 g/mol. The Morgan fingerprint density at radius 3 is 2.47 bits per heavy atom. The van der Waals surface area contributed by atoms with E-state index in [1.165, 1.54) is 6.26 Å². The zero-order valence-electron chi connectivity index (χ0n) is 11.8. The summed E-state index contributed by atoms with van der Waals surface area (Å²) in [5.74, 6) is 0.516. The molecule has 0 amide bonds. The van der Waals surface area contributed by atoms with Crippen LogP contribution in [0.25, 0.3) is 0 Å². The van der Waals surface area contributed by atoms with E-state index in [0.717, 1.165) is 25.1 Å². The van der Waals surface area contributed by atoms with Gasteiger partial charge in [-0.25, -0.2) is 8.42 Å². The van der Waals surface area contributed by atoms with Crippen LogP contribution < -0.4 is 10.6 Å². The molecule has 0 bridgehead atoms. The minimum atomic E-state index is -3.27. The van der Waals surface area contributed by atoms with E-state index in [1.807, 2.05) is 6.07 Å². The van der Waals surface area contributed by atoms with Gasteiger partial charge in [-0.05, 0) is 30.9 Å². The monoisotopic (exact) mass is 282 g/mol. The number of anilines is 2. The van der Waals surface area contributed by atoms with E-state index in [1.54, 1.807) is 12.1 Å². The molecule has 1 aromatic carbocycles. The van der Waals surface area contributed by atoms with Crippen molar-refractivity contribution in [3.8, 4) is 0 Å². The Kier molecular flexibility index (Phi) is 3.76. The molecule has 1 aromatic rings. The molecular formula is C14H22N2O2S. The third kappa shape index (κ3) is 3.21. The van der Waals surface area contributed by atoms with Gasteiger partial charge in [-0.3, -0.25) is 0 Å². The highest BCUT2D eigenvalue weighted by Gasteiger charge is 2.31. The van der Waals surface area contributed by atoms with Gasteiger partial charge in [-0.15, -0.1) is 0 Å². The molecule has 1 fully saturated rings. The summed E-state index contributed by atoms with van der Waals surface area (Å²) in [6, 6.07) is 5.79. The zero-order chi connectivity index (χ0) is 14.2. The molecule has 1 aliphatic rings. The Balaban J connectivity index is 2.43. The minimum absolute atomic E-state index is 0.236. The van der Waals surface area contributed by atoms with Gasteiger partial charge in [0.25, 0.3) is 0 Å². The summed E-state index contributed by atoms with van der Waals surface area (Å²) in [5.41, 5.74) is 7.34. The standard InChI is InChI=1S/C14H22N2O2S/c1-10(2)9-16(11-7-8-11)12-5-4-6-13(14(12)15)19(3,17)18/h4-6,10-11H,7-9,15H2,1-3H3. The average Bonchev–Trinajstić information content (AvgIpc) is 3.08. The quantitative estimate of drug-likeness (QED) is 0.842. The molecule has 0 atom stereocenters. The summed E-state index contributed by atoms with van der Waals surface area (Å²) in [4.78, 5) is 2.49. The fourth-order valence-electron chi connectivity index (χ4n) is 2.33. The Hall–Kier alpha value is -1.23. The molecule has 0 aliphatic heterocycles. The number of sulfone groups is 1. The Morgan fingerprint density at radius 1 is 1.37 bits per heavy atom. The van der Waals surface area contributed by atoms with Gasteiger partial charge in [0.15, 0.2) is 9.84 Å². The highest BCUT2D eigenvalue weighted by molar-refractivity contribution is 7.90. The molecule has 2 N–H and O–H groups in total. The van der Waals surface area contributed by atoms with Crippen molar-refractivity contribution >= 4 is 21.2 Å². The van der Waals surface area contributed by atoms with Gasteiger partial charge in [0.05, 0.1) is 16.3 Å². The fourth-order valence-corrected chi connectivity index (χ4v) is 3.16. The van der Waals surface area contributed by atoms with E-state index >= 15 is 0 Å². The first kappa shape index (κ1) is 14.2. The third-order valence-corrected chi connectivity index (χ3v) is 4.46. The number of para-hydroxylation sites is 1. The van der Waals surface area contributed by atoms with Crippen LogP contribution in [0.1, 0.15) is 26.7 Å². The second-order valence-electron chi connectivity index (χ2n) is 5.74. The summed E-state index contributed by atoms with van der Waals surface area (Å²) in [5, 5.41) is 0. The summed E-state index contributed by atoms with van der Waals surface area (Å²) >= 11 is 0. The molecule has 0 spiro atoms. The molecule has 19 heavy (non-hydrogen) atoms. The van der Waals surface area contributed by atoms with Crippen molar-refractivity contribution in [2.45, 2.75) is 37.6 Å². The Morgan fingerprint density at radius 2 is 2.00 bits per heavy atom.